The number of hydrogen-bond acceptors (Lipinski definition) is 7. The molecule has 11 heteroatoms. The minimum absolute atomic E-state index is 0.258. The highest BCUT2D eigenvalue weighted by Crippen LogP contribution is 2.52. The summed E-state index contributed by atoms with van der Waals surface area (Å²) in [5, 5.41) is 11.5. The van der Waals surface area contributed by atoms with Crippen LogP contribution >= 0.6 is 22.7 Å². The van der Waals surface area contributed by atoms with Gasteiger partial charge in [-0.25, -0.2) is 17.9 Å². The van der Waals surface area contributed by atoms with E-state index in [2.05, 4.69) is 15.8 Å². The zero-order valence-corrected chi connectivity index (χ0v) is 22.3. The highest BCUT2D eigenvalue weighted by molar-refractivity contribution is 7.91. The SMILES string of the molecule is COc1c(-c2cc3c(s2)CCCC3NS(=O)(=O)c2cccs2)c(C2CC2)cc2c(=O)c(C(=O)O)c[nH]c12. The van der Waals surface area contributed by atoms with E-state index < -0.39 is 21.4 Å². The number of hydrogen-bond donors (Lipinski definition) is 3. The van der Waals surface area contributed by atoms with Crippen molar-refractivity contribution in [3.8, 4) is 16.2 Å². The Balaban J connectivity index is 1.49. The van der Waals surface area contributed by atoms with Crippen LogP contribution in [0, 0.1) is 0 Å². The predicted molar refractivity (Wildman–Crippen MR) is 144 cm³/mol. The number of aromatic nitrogens is 1. The van der Waals surface area contributed by atoms with Crippen LogP contribution in [0.5, 0.6) is 5.75 Å². The number of aromatic carboxylic acids is 1. The third-order valence-electron chi connectivity index (χ3n) is 7.03. The standard InChI is InChI=1S/C26H24N2O6S3/c1-34-25-22(14(13-7-8-13)10-16-23(25)27-12-17(24(16)29)26(30)31)20-11-15-18(4-2-5-19(15)36-20)28-37(32,33)21-6-3-9-35-21/h3,6,9-13,18,28H,2,4-5,7-8H2,1H3,(H,27,29)(H,30,31). The van der Waals surface area contributed by atoms with E-state index in [0.717, 1.165) is 52.1 Å². The Bertz CT molecular complexity index is 1700. The molecule has 1 aromatic carbocycles. The molecular weight excluding hydrogens is 532 g/mol. The highest BCUT2D eigenvalue weighted by Gasteiger charge is 2.33. The molecule has 0 radical (unpaired) electrons. The molecule has 1 fully saturated rings. The van der Waals surface area contributed by atoms with Crippen LogP contribution in [0.2, 0.25) is 0 Å². The van der Waals surface area contributed by atoms with Crippen molar-refractivity contribution < 1.29 is 23.1 Å². The fraction of sp³-hybridized carbons (Fsp3) is 0.308. The van der Waals surface area contributed by atoms with E-state index in [-0.39, 0.29) is 17.5 Å². The Morgan fingerprint density at radius 1 is 1.22 bits per heavy atom. The largest absolute Gasteiger partial charge is 0.494 e. The van der Waals surface area contributed by atoms with Crippen molar-refractivity contribution in [2.75, 3.05) is 7.11 Å². The van der Waals surface area contributed by atoms with Gasteiger partial charge in [-0.05, 0) is 72.7 Å². The lowest BCUT2D eigenvalue weighted by atomic mass is 9.92. The number of sulfonamides is 1. The van der Waals surface area contributed by atoms with Crippen molar-refractivity contribution in [1.29, 1.82) is 0 Å². The van der Waals surface area contributed by atoms with Gasteiger partial charge in [-0.3, -0.25) is 4.79 Å². The molecule has 0 amide bonds. The molecular formula is C26H24N2O6S3. The monoisotopic (exact) mass is 556 g/mol. The second-order valence-electron chi connectivity index (χ2n) is 9.39. The Morgan fingerprint density at radius 2 is 2.03 bits per heavy atom. The fourth-order valence-electron chi connectivity index (χ4n) is 5.15. The molecule has 192 valence electrons. The van der Waals surface area contributed by atoms with Crippen molar-refractivity contribution in [2.24, 2.45) is 0 Å². The maximum Gasteiger partial charge on any atom is 0.341 e. The van der Waals surface area contributed by atoms with Gasteiger partial charge in [0.15, 0.2) is 5.75 Å². The van der Waals surface area contributed by atoms with Crippen LogP contribution in [0.15, 0.2) is 44.8 Å². The second kappa shape index (κ2) is 9.09. The molecule has 0 aliphatic heterocycles. The van der Waals surface area contributed by atoms with Crippen molar-refractivity contribution in [3.05, 3.63) is 67.6 Å². The minimum Gasteiger partial charge on any atom is -0.494 e. The first-order valence-corrected chi connectivity index (χ1v) is 15.1. The Kier molecular flexibility index (Phi) is 5.98. The summed E-state index contributed by atoms with van der Waals surface area (Å²) in [5.74, 6) is -0.516. The zero-order valence-electron chi connectivity index (χ0n) is 19.9. The quantitative estimate of drug-likeness (QED) is 0.285. The molecule has 3 N–H and O–H groups in total. The Morgan fingerprint density at radius 3 is 2.70 bits per heavy atom. The molecule has 6 rings (SSSR count). The van der Waals surface area contributed by atoms with Crippen molar-refractivity contribution in [1.82, 2.24) is 9.71 Å². The molecule has 4 aromatic rings. The lowest BCUT2D eigenvalue weighted by Gasteiger charge is -2.23. The van der Waals surface area contributed by atoms with Gasteiger partial charge in [0.25, 0.3) is 10.0 Å². The van der Waals surface area contributed by atoms with Crippen LogP contribution in [0.1, 0.15) is 64.0 Å². The van der Waals surface area contributed by atoms with Gasteiger partial charge in [0, 0.05) is 27.6 Å². The number of pyridine rings is 1. The summed E-state index contributed by atoms with van der Waals surface area (Å²) in [7, 11) is -2.08. The number of aromatic amines is 1. The van der Waals surface area contributed by atoms with Crippen LogP contribution in [-0.2, 0) is 16.4 Å². The number of methoxy groups -OCH3 is 1. The first-order chi connectivity index (χ1) is 17.8. The summed E-state index contributed by atoms with van der Waals surface area (Å²) in [6.45, 7) is 0. The number of carbonyl (C=O) groups is 1. The molecule has 8 nitrogen and oxygen atoms in total. The average molecular weight is 557 g/mol. The molecule has 1 atom stereocenters. The van der Waals surface area contributed by atoms with Gasteiger partial charge in [-0.1, -0.05) is 6.07 Å². The third kappa shape index (κ3) is 4.19. The van der Waals surface area contributed by atoms with Crippen LogP contribution in [0.25, 0.3) is 21.3 Å². The molecule has 1 saturated carbocycles. The summed E-state index contributed by atoms with van der Waals surface area (Å²) < 4.78 is 35.0. The van der Waals surface area contributed by atoms with Crippen molar-refractivity contribution >= 4 is 49.6 Å². The van der Waals surface area contributed by atoms with Gasteiger partial charge in [0.2, 0.25) is 5.43 Å². The van der Waals surface area contributed by atoms with Crippen LogP contribution in [-0.4, -0.2) is 31.6 Å². The average Bonchev–Trinajstić information content (AvgIpc) is 3.36. The number of carboxylic acids is 1. The summed E-state index contributed by atoms with van der Waals surface area (Å²) in [5.41, 5.74) is 2.43. The number of H-pyrrole nitrogens is 1. The third-order valence-corrected chi connectivity index (χ3v) is 11.1. The molecule has 2 aliphatic carbocycles. The highest BCUT2D eigenvalue weighted by atomic mass is 32.2. The van der Waals surface area contributed by atoms with E-state index >= 15 is 0 Å². The number of ether oxygens (including phenoxy) is 1. The summed E-state index contributed by atoms with van der Waals surface area (Å²) in [4.78, 5) is 29.6. The molecule has 0 saturated heterocycles. The fourth-order valence-corrected chi connectivity index (χ4v) is 8.74. The van der Waals surface area contributed by atoms with Crippen molar-refractivity contribution in [3.63, 3.8) is 0 Å². The molecule has 1 unspecified atom stereocenters. The van der Waals surface area contributed by atoms with E-state index in [1.165, 1.54) is 17.5 Å². The lowest BCUT2D eigenvalue weighted by molar-refractivity contribution is 0.0695. The zero-order chi connectivity index (χ0) is 25.9. The van der Waals surface area contributed by atoms with E-state index in [1.54, 1.807) is 36.0 Å². The summed E-state index contributed by atoms with van der Waals surface area (Å²) in [6.07, 6.45) is 5.62. The molecule has 0 bridgehead atoms. The maximum atomic E-state index is 13.0. The van der Waals surface area contributed by atoms with E-state index in [9.17, 15) is 23.1 Å². The van der Waals surface area contributed by atoms with Gasteiger partial charge in [-0.15, -0.1) is 22.7 Å². The van der Waals surface area contributed by atoms with Crippen LogP contribution in [0.3, 0.4) is 0 Å². The number of thiophene rings is 2. The number of benzene rings is 1. The molecule has 2 aliphatic rings. The predicted octanol–water partition coefficient (Wildman–Crippen LogP) is 5.26. The van der Waals surface area contributed by atoms with Gasteiger partial charge < -0.3 is 14.8 Å². The first kappa shape index (κ1) is 24.4. The summed E-state index contributed by atoms with van der Waals surface area (Å²) in [6, 6.07) is 6.87. The number of nitrogens with one attached hydrogen (secondary N) is 2. The number of fused-ring (bicyclic) bond motifs is 2. The van der Waals surface area contributed by atoms with Gasteiger partial charge >= 0.3 is 5.97 Å². The van der Waals surface area contributed by atoms with Gasteiger partial charge in [0.05, 0.1) is 18.0 Å². The lowest BCUT2D eigenvalue weighted by Crippen LogP contribution is -2.30. The molecule has 3 aromatic heterocycles. The van der Waals surface area contributed by atoms with Gasteiger partial charge in [0.1, 0.15) is 9.77 Å². The maximum absolute atomic E-state index is 13.0. The smallest absolute Gasteiger partial charge is 0.341 e. The van der Waals surface area contributed by atoms with Gasteiger partial charge in [-0.2, -0.15) is 0 Å². The molecule has 3 heterocycles. The Labute approximate surface area is 221 Å². The number of aryl methyl sites for hydroxylation is 1. The summed E-state index contributed by atoms with van der Waals surface area (Å²) >= 11 is 2.82. The topological polar surface area (TPSA) is 126 Å². The van der Waals surface area contributed by atoms with E-state index in [1.807, 2.05) is 6.07 Å². The molecule has 37 heavy (non-hydrogen) atoms. The number of rotatable bonds is 7. The minimum atomic E-state index is -3.62. The molecule has 0 spiro atoms. The van der Waals surface area contributed by atoms with Crippen LogP contribution in [0.4, 0.5) is 0 Å². The Hall–Kier alpha value is -2.99. The van der Waals surface area contributed by atoms with Crippen molar-refractivity contribution in [2.45, 2.75) is 48.3 Å². The first-order valence-electron chi connectivity index (χ1n) is 12.0. The normalized spacial score (nSPS) is 17.6. The van der Waals surface area contributed by atoms with E-state index in [0.29, 0.717) is 27.3 Å². The van der Waals surface area contributed by atoms with Crippen LogP contribution < -0.4 is 14.9 Å². The van der Waals surface area contributed by atoms with E-state index in [4.69, 9.17) is 4.74 Å². The second-order valence-corrected chi connectivity index (χ2v) is 13.4. The number of carboxylic acid groups (broad SMARTS) is 1.